The van der Waals surface area contributed by atoms with E-state index in [9.17, 15) is 0 Å². The van der Waals surface area contributed by atoms with Crippen LogP contribution in [0.5, 0.6) is 0 Å². The second-order valence-electron chi connectivity index (χ2n) is 3.62. The molecule has 0 atom stereocenters. The predicted molar refractivity (Wildman–Crippen MR) is 70.6 cm³/mol. The first-order valence-corrected chi connectivity index (χ1v) is 6.63. The molecule has 4 nitrogen and oxygen atoms in total. The topological polar surface area (TPSA) is 54.0 Å². The standard InChI is InChI=1S/C12H7ClN4S/c13-6-11-15-12-8(7-14)3-4-9(17(12)16-11)10-2-1-5-18-10/h1-5H,6H2. The van der Waals surface area contributed by atoms with Crippen molar-refractivity contribution in [2.45, 2.75) is 5.88 Å². The maximum atomic E-state index is 9.08. The smallest absolute Gasteiger partial charge is 0.174 e. The normalized spacial score (nSPS) is 10.7. The molecule has 0 aliphatic rings. The molecule has 0 spiro atoms. The number of nitriles is 1. The van der Waals surface area contributed by atoms with Gasteiger partial charge in [0, 0.05) is 0 Å². The first-order chi connectivity index (χ1) is 8.83. The highest BCUT2D eigenvalue weighted by Crippen LogP contribution is 2.26. The zero-order valence-corrected chi connectivity index (χ0v) is 10.7. The third-order valence-corrected chi connectivity index (χ3v) is 3.67. The van der Waals surface area contributed by atoms with Gasteiger partial charge in [-0.05, 0) is 23.6 Å². The number of halogens is 1. The van der Waals surface area contributed by atoms with E-state index < -0.39 is 0 Å². The number of fused-ring (bicyclic) bond motifs is 1. The summed E-state index contributed by atoms with van der Waals surface area (Å²) in [6.45, 7) is 0. The lowest BCUT2D eigenvalue weighted by molar-refractivity contribution is 0.931. The molecule has 0 aromatic carbocycles. The van der Waals surface area contributed by atoms with Crippen LogP contribution < -0.4 is 0 Å². The van der Waals surface area contributed by atoms with E-state index in [4.69, 9.17) is 16.9 Å². The van der Waals surface area contributed by atoms with Crippen LogP contribution in [0.2, 0.25) is 0 Å². The van der Waals surface area contributed by atoms with Crippen LogP contribution in [-0.4, -0.2) is 14.6 Å². The summed E-state index contributed by atoms with van der Waals surface area (Å²) in [7, 11) is 0. The van der Waals surface area contributed by atoms with Gasteiger partial charge < -0.3 is 0 Å². The van der Waals surface area contributed by atoms with Crippen LogP contribution in [0.25, 0.3) is 16.2 Å². The molecule has 3 aromatic rings. The molecule has 3 aromatic heterocycles. The van der Waals surface area contributed by atoms with Crippen molar-refractivity contribution in [3.8, 4) is 16.6 Å². The maximum Gasteiger partial charge on any atom is 0.174 e. The summed E-state index contributed by atoms with van der Waals surface area (Å²) in [5.74, 6) is 0.758. The van der Waals surface area contributed by atoms with Gasteiger partial charge in [-0.3, -0.25) is 0 Å². The molecule has 3 rings (SSSR count). The SMILES string of the molecule is N#Cc1ccc(-c2cccs2)n2nc(CCl)nc12. The zero-order valence-electron chi connectivity index (χ0n) is 9.17. The summed E-state index contributed by atoms with van der Waals surface area (Å²) in [5.41, 5.74) is 1.97. The molecule has 0 fully saturated rings. The van der Waals surface area contributed by atoms with Gasteiger partial charge in [-0.2, -0.15) is 5.26 Å². The zero-order chi connectivity index (χ0) is 12.5. The van der Waals surface area contributed by atoms with Gasteiger partial charge in [0.15, 0.2) is 11.5 Å². The summed E-state index contributed by atoms with van der Waals surface area (Å²) in [6, 6.07) is 9.74. The summed E-state index contributed by atoms with van der Waals surface area (Å²) in [5, 5.41) is 15.4. The van der Waals surface area contributed by atoms with Crippen molar-refractivity contribution >= 4 is 28.6 Å². The van der Waals surface area contributed by atoms with Crippen molar-refractivity contribution in [1.82, 2.24) is 14.6 Å². The lowest BCUT2D eigenvalue weighted by atomic mass is 10.2. The molecular weight excluding hydrogens is 268 g/mol. The molecule has 3 heterocycles. The summed E-state index contributed by atoms with van der Waals surface area (Å²) >= 11 is 7.37. The van der Waals surface area contributed by atoms with E-state index in [-0.39, 0.29) is 5.88 Å². The summed E-state index contributed by atoms with van der Waals surface area (Å²) in [4.78, 5) is 5.35. The molecule has 88 valence electrons. The number of hydrogen-bond donors (Lipinski definition) is 0. The van der Waals surface area contributed by atoms with Crippen molar-refractivity contribution in [1.29, 1.82) is 5.26 Å². The van der Waals surface area contributed by atoms with Crippen LogP contribution in [0, 0.1) is 11.3 Å². The molecular formula is C12H7ClN4S. The quantitative estimate of drug-likeness (QED) is 0.675. The first-order valence-electron chi connectivity index (χ1n) is 5.22. The highest BCUT2D eigenvalue weighted by molar-refractivity contribution is 7.13. The average Bonchev–Trinajstić information content (AvgIpc) is 3.06. The fraction of sp³-hybridized carbons (Fsp3) is 0.0833. The Hall–Kier alpha value is -1.90. The molecule has 6 heteroatoms. The second-order valence-corrected chi connectivity index (χ2v) is 4.83. The fourth-order valence-corrected chi connectivity index (χ4v) is 2.61. The van der Waals surface area contributed by atoms with E-state index in [2.05, 4.69) is 16.2 Å². The van der Waals surface area contributed by atoms with Gasteiger partial charge in [-0.25, -0.2) is 9.50 Å². The van der Waals surface area contributed by atoms with E-state index in [1.165, 1.54) is 0 Å². The van der Waals surface area contributed by atoms with Crippen LogP contribution in [0.3, 0.4) is 0 Å². The van der Waals surface area contributed by atoms with Gasteiger partial charge >= 0.3 is 0 Å². The van der Waals surface area contributed by atoms with Crippen LogP contribution >= 0.6 is 22.9 Å². The Morgan fingerprint density at radius 3 is 2.94 bits per heavy atom. The number of alkyl halides is 1. The van der Waals surface area contributed by atoms with Crippen LogP contribution in [0.4, 0.5) is 0 Å². The van der Waals surface area contributed by atoms with E-state index in [1.54, 1.807) is 21.9 Å². The van der Waals surface area contributed by atoms with Gasteiger partial charge in [-0.15, -0.1) is 28.0 Å². The minimum absolute atomic E-state index is 0.233. The second kappa shape index (κ2) is 4.41. The minimum Gasteiger partial charge on any atom is -0.211 e. The predicted octanol–water partition coefficient (Wildman–Crippen LogP) is 3.07. The van der Waals surface area contributed by atoms with E-state index in [1.807, 2.05) is 23.6 Å². The van der Waals surface area contributed by atoms with E-state index in [0.717, 1.165) is 10.6 Å². The Labute approximate surface area is 112 Å². The average molecular weight is 275 g/mol. The number of aromatic nitrogens is 3. The highest BCUT2D eigenvalue weighted by atomic mass is 35.5. The molecule has 0 bridgehead atoms. The monoisotopic (exact) mass is 274 g/mol. The van der Waals surface area contributed by atoms with Gasteiger partial charge in [0.1, 0.15) is 6.07 Å². The Morgan fingerprint density at radius 1 is 1.39 bits per heavy atom. The van der Waals surface area contributed by atoms with Crippen LogP contribution in [0.15, 0.2) is 29.6 Å². The Bertz CT molecular complexity index is 739. The van der Waals surface area contributed by atoms with Gasteiger partial charge in [-0.1, -0.05) is 6.07 Å². The first kappa shape index (κ1) is 11.2. The van der Waals surface area contributed by atoms with Crippen molar-refractivity contribution in [3.63, 3.8) is 0 Å². The minimum atomic E-state index is 0.233. The van der Waals surface area contributed by atoms with Crippen molar-refractivity contribution < 1.29 is 0 Å². The Balaban J connectivity index is 2.35. The molecule has 18 heavy (non-hydrogen) atoms. The van der Waals surface area contributed by atoms with Crippen LogP contribution in [-0.2, 0) is 5.88 Å². The maximum absolute atomic E-state index is 9.08. The molecule has 0 unspecified atom stereocenters. The molecule has 0 N–H and O–H groups in total. The van der Waals surface area contributed by atoms with Gasteiger partial charge in [0.05, 0.1) is 22.0 Å². The lowest BCUT2D eigenvalue weighted by Gasteiger charge is -2.01. The number of thiophene rings is 1. The third-order valence-electron chi connectivity index (χ3n) is 2.54. The lowest BCUT2D eigenvalue weighted by Crippen LogP contribution is -1.95. The van der Waals surface area contributed by atoms with Crippen molar-refractivity contribution in [3.05, 3.63) is 41.0 Å². The highest BCUT2D eigenvalue weighted by Gasteiger charge is 2.12. The molecule has 0 aliphatic heterocycles. The molecule has 0 saturated carbocycles. The number of nitrogens with zero attached hydrogens (tertiary/aromatic N) is 4. The molecule has 0 aliphatic carbocycles. The molecule has 0 saturated heterocycles. The Kier molecular flexibility index (Phi) is 2.74. The number of hydrogen-bond acceptors (Lipinski definition) is 4. The Morgan fingerprint density at radius 2 is 2.28 bits per heavy atom. The van der Waals surface area contributed by atoms with Crippen molar-refractivity contribution in [2.24, 2.45) is 0 Å². The van der Waals surface area contributed by atoms with E-state index >= 15 is 0 Å². The molecule has 0 radical (unpaired) electrons. The summed E-state index contributed by atoms with van der Waals surface area (Å²) in [6.07, 6.45) is 0. The summed E-state index contributed by atoms with van der Waals surface area (Å²) < 4.78 is 1.68. The van der Waals surface area contributed by atoms with Crippen molar-refractivity contribution in [2.75, 3.05) is 0 Å². The number of pyridine rings is 1. The van der Waals surface area contributed by atoms with E-state index in [0.29, 0.717) is 17.0 Å². The van der Waals surface area contributed by atoms with Gasteiger partial charge in [0.25, 0.3) is 0 Å². The van der Waals surface area contributed by atoms with Gasteiger partial charge in [0.2, 0.25) is 0 Å². The third kappa shape index (κ3) is 1.67. The largest absolute Gasteiger partial charge is 0.211 e. The molecule has 0 amide bonds. The fourth-order valence-electron chi connectivity index (χ4n) is 1.76. The van der Waals surface area contributed by atoms with Crippen LogP contribution in [0.1, 0.15) is 11.4 Å². The number of rotatable bonds is 2.